The van der Waals surface area contributed by atoms with Crippen molar-refractivity contribution in [3.63, 3.8) is 0 Å². The molecule has 7 nitrogen and oxygen atoms in total. The van der Waals surface area contributed by atoms with E-state index in [1.165, 1.54) is 42.6 Å². The van der Waals surface area contributed by atoms with Gasteiger partial charge < -0.3 is 14.4 Å². The number of likely N-dealkylation sites (N-methyl/N-ethyl adjacent to an activating group) is 1. The summed E-state index contributed by atoms with van der Waals surface area (Å²) in [5.41, 5.74) is -0.110. The van der Waals surface area contributed by atoms with Crippen molar-refractivity contribution >= 4 is 11.7 Å². The summed E-state index contributed by atoms with van der Waals surface area (Å²) in [5.74, 6) is -0.294. The van der Waals surface area contributed by atoms with E-state index in [4.69, 9.17) is 9.47 Å². The highest BCUT2D eigenvalue weighted by Gasteiger charge is 2.31. The number of aromatic nitrogens is 2. The third-order valence-electron chi connectivity index (χ3n) is 5.23. The van der Waals surface area contributed by atoms with E-state index in [2.05, 4.69) is 5.10 Å². The normalized spacial score (nSPS) is 11.3. The quantitative estimate of drug-likeness (QED) is 0.360. The molecule has 0 saturated carbocycles. The number of benzene rings is 2. The third-order valence-corrected chi connectivity index (χ3v) is 5.23. The van der Waals surface area contributed by atoms with E-state index in [0.29, 0.717) is 11.5 Å². The molecule has 0 atom stereocenters. The fraction of sp³-hybridized carbons (Fsp3) is 0.292. The van der Waals surface area contributed by atoms with E-state index in [1.807, 2.05) is 0 Å². The maximum Gasteiger partial charge on any atom is 0.416 e. The second kappa shape index (κ2) is 9.98. The lowest BCUT2D eigenvalue weighted by Gasteiger charge is -2.17. The zero-order chi connectivity index (χ0) is 25.0. The van der Waals surface area contributed by atoms with Crippen molar-refractivity contribution in [2.45, 2.75) is 20.0 Å². The Bertz CT molecular complexity index is 1190. The first kappa shape index (κ1) is 24.8. The van der Waals surface area contributed by atoms with Gasteiger partial charge in [0.25, 0.3) is 11.7 Å². The average molecular weight is 475 g/mol. The van der Waals surface area contributed by atoms with Crippen LogP contribution in [0.5, 0.6) is 11.5 Å². The number of ether oxygens (including phenoxy) is 2. The highest BCUT2D eigenvalue weighted by Crippen LogP contribution is 2.31. The molecule has 34 heavy (non-hydrogen) atoms. The van der Waals surface area contributed by atoms with Gasteiger partial charge in [-0.2, -0.15) is 18.3 Å². The summed E-state index contributed by atoms with van der Waals surface area (Å²) in [6, 6.07) is 11.5. The monoisotopic (exact) mass is 475 g/mol. The smallest absolute Gasteiger partial charge is 0.416 e. The number of rotatable bonds is 8. The fourth-order valence-electron chi connectivity index (χ4n) is 3.39. The molecule has 3 aromatic rings. The standard InChI is InChI=1S/C24H24F3N3O4/c1-15-21(16(2)30(28-15)18-7-5-6-17(14-18)24(25,26)27)22(31)23(32)29(3)12-13-34-20-10-8-19(33-4)9-11-20/h5-11,14H,12-13H2,1-4H3. The number of aryl methyl sites for hydroxylation is 1. The Labute approximate surface area is 194 Å². The van der Waals surface area contributed by atoms with E-state index < -0.39 is 23.4 Å². The summed E-state index contributed by atoms with van der Waals surface area (Å²) < 4.78 is 51.2. The zero-order valence-corrected chi connectivity index (χ0v) is 19.1. The molecule has 2 aromatic carbocycles. The van der Waals surface area contributed by atoms with Gasteiger partial charge in [0.05, 0.1) is 41.9 Å². The minimum Gasteiger partial charge on any atom is -0.497 e. The summed E-state index contributed by atoms with van der Waals surface area (Å²) in [7, 11) is 3.03. The van der Waals surface area contributed by atoms with Crippen LogP contribution >= 0.6 is 0 Å². The number of alkyl halides is 3. The lowest BCUT2D eigenvalue weighted by molar-refractivity contribution is -0.137. The highest BCUT2D eigenvalue weighted by molar-refractivity contribution is 6.43. The van der Waals surface area contributed by atoms with Gasteiger partial charge >= 0.3 is 6.18 Å². The summed E-state index contributed by atoms with van der Waals surface area (Å²) in [6.07, 6.45) is -4.52. The molecule has 1 heterocycles. The molecular weight excluding hydrogens is 451 g/mol. The Morgan fingerprint density at radius 2 is 1.71 bits per heavy atom. The molecule has 0 aliphatic heterocycles. The maximum absolute atomic E-state index is 13.1. The number of hydrogen-bond acceptors (Lipinski definition) is 5. The van der Waals surface area contributed by atoms with Crippen molar-refractivity contribution in [2.75, 3.05) is 27.3 Å². The molecule has 10 heteroatoms. The van der Waals surface area contributed by atoms with Crippen LogP contribution in [-0.4, -0.2) is 53.7 Å². The minimum absolute atomic E-state index is 0.0605. The number of ketones is 1. The highest BCUT2D eigenvalue weighted by atomic mass is 19.4. The van der Waals surface area contributed by atoms with Crippen molar-refractivity contribution in [3.05, 3.63) is 71.0 Å². The molecule has 0 bridgehead atoms. The first-order chi connectivity index (χ1) is 16.0. The molecule has 0 fully saturated rings. The van der Waals surface area contributed by atoms with E-state index in [1.54, 1.807) is 31.4 Å². The lowest BCUT2D eigenvalue weighted by atomic mass is 10.1. The SMILES string of the molecule is COc1ccc(OCCN(C)C(=O)C(=O)c2c(C)nn(-c3cccc(C(F)(F)F)c3)c2C)cc1. The van der Waals surface area contributed by atoms with Crippen molar-refractivity contribution in [1.29, 1.82) is 0 Å². The predicted octanol–water partition coefficient (Wildman–Crippen LogP) is 4.24. The second-order valence-electron chi connectivity index (χ2n) is 7.59. The van der Waals surface area contributed by atoms with Crippen LogP contribution in [0.25, 0.3) is 5.69 Å². The Kier molecular flexibility index (Phi) is 7.29. The van der Waals surface area contributed by atoms with Crippen LogP contribution in [0, 0.1) is 13.8 Å². The molecule has 0 spiro atoms. The van der Waals surface area contributed by atoms with Gasteiger partial charge in [-0.25, -0.2) is 4.68 Å². The first-order valence-corrected chi connectivity index (χ1v) is 10.3. The number of Topliss-reactive ketones (excluding diaryl/α,β-unsaturated/α-hetero) is 1. The molecule has 0 N–H and O–H groups in total. The van der Waals surface area contributed by atoms with Crippen molar-refractivity contribution in [3.8, 4) is 17.2 Å². The molecule has 3 rings (SSSR count). The van der Waals surface area contributed by atoms with E-state index in [0.717, 1.165) is 12.1 Å². The topological polar surface area (TPSA) is 73.7 Å². The molecule has 0 radical (unpaired) electrons. The van der Waals surface area contributed by atoms with Crippen LogP contribution in [0.4, 0.5) is 13.2 Å². The van der Waals surface area contributed by atoms with Crippen LogP contribution in [0.3, 0.4) is 0 Å². The van der Waals surface area contributed by atoms with E-state index in [9.17, 15) is 22.8 Å². The largest absolute Gasteiger partial charge is 0.497 e. The van der Waals surface area contributed by atoms with Crippen LogP contribution in [0.2, 0.25) is 0 Å². The first-order valence-electron chi connectivity index (χ1n) is 10.3. The van der Waals surface area contributed by atoms with Crippen molar-refractivity contribution in [2.24, 2.45) is 0 Å². The van der Waals surface area contributed by atoms with Gasteiger partial charge in [-0.3, -0.25) is 9.59 Å². The number of hydrogen-bond donors (Lipinski definition) is 0. The number of halogens is 3. The lowest BCUT2D eigenvalue weighted by Crippen LogP contribution is -2.36. The number of amides is 1. The molecule has 0 aliphatic carbocycles. The minimum atomic E-state index is -4.52. The molecule has 0 aliphatic rings. The van der Waals surface area contributed by atoms with Crippen LogP contribution < -0.4 is 9.47 Å². The average Bonchev–Trinajstić information content (AvgIpc) is 3.11. The molecule has 1 aromatic heterocycles. The molecule has 180 valence electrons. The Balaban J connectivity index is 1.71. The van der Waals surface area contributed by atoms with E-state index >= 15 is 0 Å². The fourth-order valence-corrected chi connectivity index (χ4v) is 3.39. The van der Waals surface area contributed by atoms with Gasteiger partial charge in [0.15, 0.2) is 0 Å². The summed E-state index contributed by atoms with van der Waals surface area (Å²) in [4.78, 5) is 26.9. The number of methoxy groups -OCH3 is 1. The molecule has 0 saturated heterocycles. The second-order valence-corrected chi connectivity index (χ2v) is 7.59. The number of carbonyl (C=O) groups excluding carboxylic acids is 2. The van der Waals surface area contributed by atoms with Crippen LogP contribution in [0.15, 0.2) is 48.5 Å². The van der Waals surface area contributed by atoms with E-state index in [-0.39, 0.29) is 35.8 Å². The molecule has 0 unspecified atom stereocenters. The predicted molar refractivity (Wildman–Crippen MR) is 118 cm³/mol. The van der Waals surface area contributed by atoms with Crippen LogP contribution in [0.1, 0.15) is 27.3 Å². The number of carbonyl (C=O) groups is 2. The Hall–Kier alpha value is -3.82. The van der Waals surface area contributed by atoms with Gasteiger partial charge in [0.2, 0.25) is 0 Å². The Morgan fingerprint density at radius 3 is 2.32 bits per heavy atom. The maximum atomic E-state index is 13.1. The number of nitrogens with zero attached hydrogens (tertiary/aromatic N) is 3. The van der Waals surface area contributed by atoms with Crippen molar-refractivity contribution < 1.29 is 32.2 Å². The third kappa shape index (κ3) is 5.38. The summed E-state index contributed by atoms with van der Waals surface area (Å²) in [6.45, 7) is 3.37. The van der Waals surface area contributed by atoms with Gasteiger partial charge in [-0.1, -0.05) is 6.07 Å². The van der Waals surface area contributed by atoms with Gasteiger partial charge in [-0.15, -0.1) is 0 Å². The summed E-state index contributed by atoms with van der Waals surface area (Å²) in [5, 5.41) is 4.21. The van der Waals surface area contributed by atoms with Gasteiger partial charge in [0, 0.05) is 7.05 Å². The molecule has 1 amide bonds. The Morgan fingerprint density at radius 1 is 1.06 bits per heavy atom. The summed E-state index contributed by atoms with van der Waals surface area (Å²) >= 11 is 0. The van der Waals surface area contributed by atoms with Gasteiger partial charge in [-0.05, 0) is 56.3 Å². The molecular formula is C24H24F3N3O4. The van der Waals surface area contributed by atoms with Crippen LogP contribution in [-0.2, 0) is 11.0 Å². The van der Waals surface area contributed by atoms with Gasteiger partial charge in [0.1, 0.15) is 18.1 Å². The zero-order valence-electron chi connectivity index (χ0n) is 19.1. The van der Waals surface area contributed by atoms with Crippen molar-refractivity contribution in [1.82, 2.24) is 14.7 Å².